The first-order chi connectivity index (χ1) is 8.26. The van der Waals surface area contributed by atoms with Crippen molar-refractivity contribution in [2.24, 2.45) is 0 Å². The van der Waals surface area contributed by atoms with Gasteiger partial charge in [-0.1, -0.05) is 6.07 Å². The quantitative estimate of drug-likeness (QED) is 0.821. The molecule has 0 radical (unpaired) electrons. The molecule has 0 spiro atoms. The molecule has 1 amide bonds. The monoisotopic (exact) mass is 249 g/mol. The lowest BCUT2D eigenvalue weighted by atomic mass is 9.85. The number of carboxylic acids is 1. The van der Waals surface area contributed by atoms with Crippen LogP contribution in [0.2, 0.25) is 0 Å². The number of fused-ring (bicyclic) bond motifs is 1. The molecule has 1 atom stereocenters. The number of aliphatic carboxylic acids is 1. The molecular formula is C13H15NO4. The Morgan fingerprint density at radius 2 is 2.00 bits per heavy atom. The van der Waals surface area contributed by atoms with Crippen LogP contribution in [-0.4, -0.2) is 29.1 Å². The largest absolute Gasteiger partial charge is 0.479 e. The van der Waals surface area contributed by atoms with Gasteiger partial charge in [0.2, 0.25) is 5.91 Å². The molecule has 1 unspecified atom stereocenters. The first kappa shape index (κ1) is 12.6. The van der Waals surface area contributed by atoms with Crippen LogP contribution >= 0.6 is 0 Å². The van der Waals surface area contributed by atoms with E-state index in [1.165, 1.54) is 6.07 Å². The number of carbonyl (C=O) groups excluding carboxylic acids is 1. The van der Waals surface area contributed by atoms with Crippen LogP contribution in [0.3, 0.4) is 0 Å². The third kappa shape index (κ3) is 1.59. The van der Waals surface area contributed by atoms with Gasteiger partial charge in [0.15, 0.2) is 6.10 Å². The summed E-state index contributed by atoms with van der Waals surface area (Å²) in [5.41, 5.74) is 1.09. The standard InChI is InChI=1S/C13H15NO4/c1-13(2)8-6-7(10(15)11(16)17)4-5-9(8)14(3)12(13)18/h4-6,10,15H,1-3H3,(H,16,17). The van der Waals surface area contributed by atoms with Gasteiger partial charge in [0.05, 0.1) is 5.41 Å². The van der Waals surface area contributed by atoms with Crippen LogP contribution in [0, 0.1) is 0 Å². The van der Waals surface area contributed by atoms with E-state index in [2.05, 4.69) is 0 Å². The number of benzene rings is 1. The molecular weight excluding hydrogens is 234 g/mol. The summed E-state index contributed by atoms with van der Waals surface area (Å²) in [6.07, 6.45) is -1.56. The highest BCUT2D eigenvalue weighted by molar-refractivity contribution is 6.07. The Morgan fingerprint density at radius 3 is 2.56 bits per heavy atom. The maximum absolute atomic E-state index is 12.0. The predicted octanol–water partition coefficient (Wildman–Crippen LogP) is 1.06. The molecule has 1 aromatic carbocycles. The summed E-state index contributed by atoms with van der Waals surface area (Å²) in [5, 5.41) is 18.3. The Kier molecular flexibility index (Phi) is 2.66. The van der Waals surface area contributed by atoms with Gasteiger partial charge in [0.25, 0.3) is 0 Å². The Hall–Kier alpha value is -1.88. The van der Waals surface area contributed by atoms with E-state index in [1.807, 2.05) is 0 Å². The number of nitrogens with zero attached hydrogens (tertiary/aromatic N) is 1. The summed E-state index contributed by atoms with van der Waals surface area (Å²) >= 11 is 0. The molecule has 0 fully saturated rings. The maximum atomic E-state index is 12.0. The lowest BCUT2D eigenvalue weighted by molar-refractivity contribution is -0.146. The van der Waals surface area contributed by atoms with E-state index in [0.29, 0.717) is 0 Å². The van der Waals surface area contributed by atoms with E-state index in [9.17, 15) is 14.7 Å². The zero-order chi connectivity index (χ0) is 13.7. The number of rotatable bonds is 2. The second kappa shape index (κ2) is 3.81. The molecule has 5 nitrogen and oxygen atoms in total. The highest BCUT2D eigenvalue weighted by Crippen LogP contribution is 2.41. The second-order valence-corrected chi connectivity index (χ2v) is 5.01. The fourth-order valence-electron chi connectivity index (χ4n) is 2.30. The Bertz CT molecular complexity index is 536. The van der Waals surface area contributed by atoms with Gasteiger partial charge >= 0.3 is 5.97 Å². The van der Waals surface area contributed by atoms with E-state index in [4.69, 9.17) is 5.11 Å². The van der Waals surface area contributed by atoms with Crippen molar-refractivity contribution in [3.05, 3.63) is 29.3 Å². The number of anilines is 1. The predicted molar refractivity (Wildman–Crippen MR) is 65.5 cm³/mol. The summed E-state index contributed by atoms with van der Waals surface area (Å²) < 4.78 is 0. The van der Waals surface area contributed by atoms with Crippen LogP contribution in [0.4, 0.5) is 5.69 Å². The lowest BCUT2D eigenvalue weighted by Crippen LogP contribution is -2.33. The smallest absolute Gasteiger partial charge is 0.337 e. The summed E-state index contributed by atoms with van der Waals surface area (Å²) in [6.45, 7) is 3.57. The number of carbonyl (C=O) groups is 2. The van der Waals surface area contributed by atoms with Crippen LogP contribution in [0.1, 0.15) is 31.1 Å². The molecule has 1 aromatic rings. The average Bonchev–Trinajstić information content (AvgIpc) is 2.50. The van der Waals surface area contributed by atoms with Gasteiger partial charge in [-0.05, 0) is 37.1 Å². The number of aliphatic hydroxyl groups is 1. The van der Waals surface area contributed by atoms with Crippen molar-refractivity contribution >= 4 is 17.6 Å². The maximum Gasteiger partial charge on any atom is 0.337 e. The van der Waals surface area contributed by atoms with Gasteiger partial charge in [-0.25, -0.2) is 4.79 Å². The molecule has 2 rings (SSSR count). The molecule has 0 saturated carbocycles. The molecule has 0 aliphatic carbocycles. The zero-order valence-electron chi connectivity index (χ0n) is 10.5. The van der Waals surface area contributed by atoms with Gasteiger partial charge in [-0.15, -0.1) is 0 Å². The SMILES string of the molecule is CN1C(=O)C(C)(C)c2cc(C(O)C(=O)O)ccc21. The van der Waals surface area contributed by atoms with Gasteiger partial charge in [0.1, 0.15) is 0 Å². The Labute approximate surface area is 105 Å². The van der Waals surface area contributed by atoms with Crippen molar-refractivity contribution in [3.8, 4) is 0 Å². The van der Waals surface area contributed by atoms with E-state index >= 15 is 0 Å². The van der Waals surface area contributed by atoms with Crippen LogP contribution in [-0.2, 0) is 15.0 Å². The molecule has 5 heteroatoms. The van der Waals surface area contributed by atoms with Crippen molar-refractivity contribution in [1.82, 2.24) is 0 Å². The highest BCUT2D eigenvalue weighted by Gasteiger charge is 2.42. The number of hydrogen-bond acceptors (Lipinski definition) is 3. The van der Waals surface area contributed by atoms with Gasteiger partial charge < -0.3 is 15.1 Å². The average molecular weight is 249 g/mol. The Morgan fingerprint density at radius 1 is 1.39 bits per heavy atom. The molecule has 0 aromatic heterocycles. The van der Waals surface area contributed by atoms with E-state index in [0.717, 1.165) is 11.3 Å². The van der Waals surface area contributed by atoms with Crippen molar-refractivity contribution < 1.29 is 19.8 Å². The molecule has 0 bridgehead atoms. The molecule has 96 valence electrons. The van der Waals surface area contributed by atoms with Gasteiger partial charge in [0, 0.05) is 12.7 Å². The van der Waals surface area contributed by atoms with Crippen molar-refractivity contribution in [1.29, 1.82) is 0 Å². The van der Waals surface area contributed by atoms with Crippen LogP contribution in [0.15, 0.2) is 18.2 Å². The number of hydrogen-bond donors (Lipinski definition) is 2. The number of amides is 1. The summed E-state index contributed by atoms with van der Waals surface area (Å²) in [6, 6.07) is 4.79. The number of aliphatic hydroxyl groups excluding tert-OH is 1. The molecule has 1 aliphatic rings. The number of likely N-dealkylation sites (N-methyl/N-ethyl adjacent to an activating group) is 1. The fourth-order valence-corrected chi connectivity index (χ4v) is 2.30. The molecule has 2 N–H and O–H groups in total. The normalized spacial score (nSPS) is 18.7. The third-order valence-corrected chi connectivity index (χ3v) is 3.44. The first-order valence-corrected chi connectivity index (χ1v) is 5.60. The minimum Gasteiger partial charge on any atom is -0.479 e. The minimum atomic E-state index is -1.56. The summed E-state index contributed by atoms with van der Waals surface area (Å²) in [4.78, 5) is 24.4. The molecule has 1 aliphatic heterocycles. The van der Waals surface area contributed by atoms with E-state index in [1.54, 1.807) is 37.9 Å². The molecule has 0 saturated heterocycles. The van der Waals surface area contributed by atoms with Crippen LogP contribution in [0.25, 0.3) is 0 Å². The topological polar surface area (TPSA) is 77.8 Å². The van der Waals surface area contributed by atoms with Crippen molar-refractivity contribution in [2.45, 2.75) is 25.4 Å². The molecule has 1 heterocycles. The molecule has 18 heavy (non-hydrogen) atoms. The van der Waals surface area contributed by atoms with Crippen molar-refractivity contribution in [3.63, 3.8) is 0 Å². The van der Waals surface area contributed by atoms with E-state index < -0.39 is 17.5 Å². The van der Waals surface area contributed by atoms with Crippen LogP contribution < -0.4 is 4.90 Å². The Balaban J connectivity index is 2.55. The highest BCUT2D eigenvalue weighted by atomic mass is 16.4. The fraction of sp³-hybridized carbons (Fsp3) is 0.385. The third-order valence-electron chi connectivity index (χ3n) is 3.44. The summed E-state index contributed by atoms with van der Waals surface area (Å²) in [5.74, 6) is -1.34. The second-order valence-electron chi connectivity index (χ2n) is 5.01. The lowest BCUT2D eigenvalue weighted by Gasteiger charge is -2.17. The minimum absolute atomic E-state index is 0.0422. The van der Waals surface area contributed by atoms with Crippen LogP contribution in [0.5, 0.6) is 0 Å². The number of carboxylic acid groups (broad SMARTS) is 1. The van der Waals surface area contributed by atoms with Gasteiger partial charge in [-0.2, -0.15) is 0 Å². The van der Waals surface area contributed by atoms with E-state index in [-0.39, 0.29) is 11.5 Å². The first-order valence-electron chi connectivity index (χ1n) is 5.60. The van der Waals surface area contributed by atoms with Crippen molar-refractivity contribution in [2.75, 3.05) is 11.9 Å². The summed E-state index contributed by atoms with van der Waals surface area (Å²) in [7, 11) is 1.68. The van der Waals surface area contributed by atoms with Gasteiger partial charge in [-0.3, -0.25) is 4.79 Å². The zero-order valence-corrected chi connectivity index (χ0v) is 10.5.